The predicted octanol–water partition coefficient (Wildman–Crippen LogP) is 2.95. The van der Waals surface area contributed by atoms with Crippen LogP contribution >= 0.6 is 15.9 Å². The second-order valence-electron chi connectivity index (χ2n) is 4.65. The quantitative estimate of drug-likeness (QED) is 0.857. The number of nitrogens with one attached hydrogen (secondary N) is 1. The van der Waals surface area contributed by atoms with Crippen molar-refractivity contribution in [2.75, 3.05) is 5.32 Å². The number of primary amides is 1. The van der Waals surface area contributed by atoms with Crippen LogP contribution in [0.3, 0.4) is 0 Å². The molecule has 2 amide bonds. The highest BCUT2D eigenvalue weighted by atomic mass is 79.9. The minimum Gasteiger partial charge on any atom is -0.481 e. The van der Waals surface area contributed by atoms with Gasteiger partial charge in [-0.1, -0.05) is 22.0 Å². The van der Waals surface area contributed by atoms with Crippen molar-refractivity contribution in [2.45, 2.75) is 13.0 Å². The van der Waals surface area contributed by atoms with E-state index in [0.717, 1.165) is 4.47 Å². The van der Waals surface area contributed by atoms with Crippen LogP contribution in [-0.4, -0.2) is 17.9 Å². The van der Waals surface area contributed by atoms with Gasteiger partial charge in [-0.3, -0.25) is 9.59 Å². The van der Waals surface area contributed by atoms with Crippen molar-refractivity contribution in [3.63, 3.8) is 0 Å². The van der Waals surface area contributed by atoms with Gasteiger partial charge in [-0.25, -0.2) is 0 Å². The fourth-order valence-electron chi connectivity index (χ4n) is 1.76. The van der Waals surface area contributed by atoms with Gasteiger partial charge in [-0.05, 0) is 49.4 Å². The molecule has 0 saturated heterocycles. The van der Waals surface area contributed by atoms with Gasteiger partial charge in [-0.2, -0.15) is 0 Å². The van der Waals surface area contributed by atoms with Crippen LogP contribution in [0.2, 0.25) is 0 Å². The Bertz CT molecular complexity index is 686. The number of halogens is 1. The zero-order valence-corrected chi connectivity index (χ0v) is 13.5. The first kappa shape index (κ1) is 16.0. The zero-order chi connectivity index (χ0) is 16.1. The highest BCUT2D eigenvalue weighted by molar-refractivity contribution is 9.10. The number of nitrogens with two attached hydrogens (primary N) is 1. The Morgan fingerprint density at radius 1 is 1.18 bits per heavy atom. The van der Waals surface area contributed by atoms with Gasteiger partial charge in [-0.15, -0.1) is 0 Å². The van der Waals surface area contributed by atoms with Crippen LogP contribution in [0.1, 0.15) is 17.3 Å². The number of ether oxygens (including phenoxy) is 1. The molecule has 0 unspecified atom stereocenters. The molecular weight excluding hydrogens is 348 g/mol. The molecule has 0 radical (unpaired) electrons. The lowest BCUT2D eigenvalue weighted by molar-refractivity contribution is -0.122. The average Bonchev–Trinajstić information content (AvgIpc) is 2.49. The van der Waals surface area contributed by atoms with Crippen molar-refractivity contribution in [1.82, 2.24) is 0 Å². The molecule has 2 rings (SSSR count). The summed E-state index contributed by atoms with van der Waals surface area (Å²) < 4.78 is 6.49. The smallest absolute Gasteiger partial charge is 0.265 e. The molecule has 0 spiro atoms. The van der Waals surface area contributed by atoms with Gasteiger partial charge in [0.25, 0.3) is 5.91 Å². The van der Waals surface area contributed by atoms with Crippen molar-refractivity contribution >= 4 is 33.4 Å². The summed E-state index contributed by atoms with van der Waals surface area (Å²) in [5, 5.41) is 2.69. The molecule has 3 N–H and O–H groups in total. The van der Waals surface area contributed by atoms with E-state index >= 15 is 0 Å². The van der Waals surface area contributed by atoms with Crippen molar-refractivity contribution in [3.8, 4) is 5.75 Å². The van der Waals surface area contributed by atoms with E-state index in [1.54, 1.807) is 37.3 Å². The molecule has 0 heterocycles. The van der Waals surface area contributed by atoms with Crippen molar-refractivity contribution in [3.05, 3.63) is 58.6 Å². The van der Waals surface area contributed by atoms with Crippen LogP contribution in [0.4, 0.5) is 5.69 Å². The minimum absolute atomic E-state index is 0.315. The third-order valence-corrected chi connectivity index (χ3v) is 3.44. The number of hydrogen-bond acceptors (Lipinski definition) is 3. The Labute approximate surface area is 136 Å². The summed E-state index contributed by atoms with van der Waals surface area (Å²) in [6.45, 7) is 1.65. The van der Waals surface area contributed by atoms with Gasteiger partial charge in [0.05, 0.1) is 0 Å². The summed E-state index contributed by atoms with van der Waals surface area (Å²) in [6.07, 6.45) is -0.682. The number of anilines is 1. The summed E-state index contributed by atoms with van der Waals surface area (Å²) in [5.74, 6) is -0.267. The van der Waals surface area contributed by atoms with E-state index < -0.39 is 12.0 Å². The lowest BCUT2D eigenvalue weighted by Gasteiger charge is -2.15. The summed E-state index contributed by atoms with van der Waals surface area (Å²) in [4.78, 5) is 23.2. The Kier molecular flexibility index (Phi) is 5.16. The number of carbonyl (C=O) groups is 2. The van der Waals surface area contributed by atoms with Gasteiger partial charge in [0.15, 0.2) is 6.10 Å². The summed E-state index contributed by atoms with van der Waals surface area (Å²) >= 11 is 3.33. The molecule has 2 aromatic carbocycles. The largest absolute Gasteiger partial charge is 0.481 e. The molecule has 22 heavy (non-hydrogen) atoms. The van der Waals surface area contributed by atoms with Gasteiger partial charge >= 0.3 is 0 Å². The molecule has 0 aliphatic heterocycles. The lowest BCUT2D eigenvalue weighted by Crippen LogP contribution is -2.30. The third kappa shape index (κ3) is 4.33. The standard InChI is InChI=1S/C16H15BrN2O3/c1-10(22-14-7-5-12(17)6-8-14)16(21)19-13-4-2-3-11(9-13)15(18)20/h2-10H,1H3,(H2,18,20)(H,19,21)/t10-/m1/s1. The van der Waals surface area contributed by atoms with Crippen LogP contribution in [0, 0.1) is 0 Å². The molecule has 0 bridgehead atoms. The molecule has 0 aliphatic rings. The Hall–Kier alpha value is -2.34. The average molecular weight is 363 g/mol. The van der Waals surface area contributed by atoms with Crippen LogP contribution in [0.15, 0.2) is 53.0 Å². The molecule has 1 atom stereocenters. The zero-order valence-electron chi connectivity index (χ0n) is 11.9. The molecule has 114 valence electrons. The monoisotopic (exact) mass is 362 g/mol. The van der Waals surface area contributed by atoms with E-state index in [4.69, 9.17) is 10.5 Å². The van der Waals surface area contributed by atoms with E-state index in [1.807, 2.05) is 12.1 Å². The molecule has 0 aromatic heterocycles. The maximum atomic E-state index is 12.1. The lowest BCUT2D eigenvalue weighted by atomic mass is 10.2. The van der Waals surface area contributed by atoms with Gasteiger partial charge < -0.3 is 15.8 Å². The first-order chi connectivity index (χ1) is 10.5. The van der Waals surface area contributed by atoms with Gasteiger partial charge in [0, 0.05) is 15.7 Å². The van der Waals surface area contributed by atoms with Crippen molar-refractivity contribution < 1.29 is 14.3 Å². The second kappa shape index (κ2) is 7.09. The van der Waals surface area contributed by atoms with Crippen LogP contribution in [0.5, 0.6) is 5.75 Å². The summed E-state index contributed by atoms with van der Waals surface area (Å²) in [7, 11) is 0. The fraction of sp³-hybridized carbons (Fsp3) is 0.125. The molecular formula is C16H15BrN2O3. The maximum absolute atomic E-state index is 12.1. The topological polar surface area (TPSA) is 81.4 Å². The van der Waals surface area contributed by atoms with E-state index in [0.29, 0.717) is 17.0 Å². The van der Waals surface area contributed by atoms with E-state index in [-0.39, 0.29) is 5.91 Å². The first-order valence-corrected chi connectivity index (χ1v) is 7.38. The molecule has 0 saturated carbocycles. The van der Waals surface area contributed by atoms with Gasteiger partial charge in [0.1, 0.15) is 5.75 Å². The summed E-state index contributed by atoms with van der Waals surface area (Å²) in [6, 6.07) is 13.6. The van der Waals surface area contributed by atoms with E-state index in [1.165, 1.54) is 6.07 Å². The van der Waals surface area contributed by atoms with Crippen LogP contribution in [0.25, 0.3) is 0 Å². The van der Waals surface area contributed by atoms with Crippen LogP contribution < -0.4 is 15.8 Å². The fourth-order valence-corrected chi connectivity index (χ4v) is 2.03. The summed E-state index contributed by atoms with van der Waals surface area (Å²) in [5.41, 5.74) is 6.03. The third-order valence-electron chi connectivity index (χ3n) is 2.91. The number of amides is 2. The molecule has 6 heteroatoms. The molecule has 5 nitrogen and oxygen atoms in total. The normalized spacial score (nSPS) is 11.5. The Morgan fingerprint density at radius 3 is 2.50 bits per heavy atom. The SMILES string of the molecule is C[C@@H](Oc1ccc(Br)cc1)C(=O)Nc1cccc(C(N)=O)c1. The predicted molar refractivity (Wildman–Crippen MR) is 87.8 cm³/mol. The molecule has 0 aliphatic carbocycles. The highest BCUT2D eigenvalue weighted by Gasteiger charge is 2.15. The number of rotatable bonds is 5. The van der Waals surface area contributed by atoms with Crippen molar-refractivity contribution in [1.29, 1.82) is 0 Å². The Morgan fingerprint density at radius 2 is 1.86 bits per heavy atom. The number of hydrogen-bond donors (Lipinski definition) is 2. The van der Waals surface area contributed by atoms with Crippen molar-refractivity contribution in [2.24, 2.45) is 5.73 Å². The van der Waals surface area contributed by atoms with E-state index in [9.17, 15) is 9.59 Å². The maximum Gasteiger partial charge on any atom is 0.265 e. The Balaban J connectivity index is 2.00. The van der Waals surface area contributed by atoms with Crippen LogP contribution in [-0.2, 0) is 4.79 Å². The molecule has 0 fully saturated rings. The number of carbonyl (C=O) groups excluding carboxylic acids is 2. The highest BCUT2D eigenvalue weighted by Crippen LogP contribution is 2.18. The molecule has 2 aromatic rings. The minimum atomic E-state index is -0.682. The van der Waals surface area contributed by atoms with Gasteiger partial charge in [0.2, 0.25) is 5.91 Å². The second-order valence-corrected chi connectivity index (χ2v) is 5.56. The first-order valence-electron chi connectivity index (χ1n) is 6.58. The number of benzene rings is 2. The van der Waals surface area contributed by atoms with E-state index in [2.05, 4.69) is 21.2 Å².